The number of aromatic nitrogens is 2. The Kier molecular flexibility index (Phi) is 2.73. The molecule has 3 aromatic rings. The third kappa shape index (κ3) is 2.07. The van der Waals surface area contributed by atoms with Crippen LogP contribution in [-0.2, 0) is 6.42 Å². The zero-order valence-electron chi connectivity index (χ0n) is 10.3. The molecule has 0 saturated heterocycles. The molecule has 0 aliphatic carbocycles. The van der Waals surface area contributed by atoms with E-state index in [1.165, 1.54) is 11.1 Å². The Labute approximate surface area is 106 Å². The van der Waals surface area contributed by atoms with E-state index in [0.29, 0.717) is 0 Å². The van der Waals surface area contributed by atoms with Crippen LogP contribution in [-0.4, -0.2) is 17.0 Å². The second-order valence-electron chi connectivity index (χ2n) is 4.38. The van der Waals surface area contributed by atoms with E-state index in [2.05, 4.69) is 57.7 Å². The summed E-state index contributed by atoms with van der Waals surface area (Å²) in [5, 5.41) is 3.16. The Morgan fingerprint density at radius 2 is 2.00 bits per heavy atom. The lowest BCUT2D eigenvalue weighted by molar-refractivity contribution is 1.20. The van der Waals surface area contributed by atoms with Crippen molar-refractivity contribution >= 4 is 16.7 Å². The molecule has 3 heteroatoms. The van der Waals surface area contributed by atoms with Gasteiger partial charge in [-0.1, -0.05) is 18.2 Å². The number of H-pyrrole nitrogens is 1. The summed E-state index contributed by atoms with van der Waals surface area (Å²) in [6.07, 6.45) is 2.67. The van der Waals surface area contributed by atoms with Crippen LogP contribution in [0.25, 0.3) is 11.0 Å². The lowest BCUT2D eigenvalue weighted by Gasteiger charge is -2.05. The number of hydrogen-bond donors (Lipinski definition) is 2. The van der Waals surface area contributed by atoms with Gasteiger partial charge in [0, 0.05) is 12.7 Å². The summed E-state index contributed by atoms with van der Waals surface area (Å²) in [6.45, 7) is 0. The van der Waals surface area contributed by atoms with Crippen LogP contribution in [0.15, 0.2) is 48.8 Å². The molecule has 18 heavy (non-hydrogen) atoms. The third-order valence-corrected chi connectivity index (χ3v) is 3.11. The highest BCUT2D eigenvalue weighted by Crippen LogP contribution is 2.17. The maximum absolute atomic E-state index is 4.23. The van der Waals surface area contributed by atoms with Crippen LogP contribution in [0.1, 0.15) is 11.1 Å². The summed E-state index contributed by atoms with van der Waals surface area (Å²) in [5.41, 5.74) is 5.86. The van der Waals surface area contributed by atoms with E-state index in [9.17, 15) is 0 Å². The van der Waals surface area contributed by atoms with Crippen molar-refractivity contribution in [1.82, 2.24) is 9.97 Å². The number of hydrogen-bond acceptors (Lipinski definition) is 2. The van der Waals surface area contributed by atoms with E-state index < -0.39 is 0 Å². The number of aromatic amines is 1. The lowest BCUT2D eigenvalue weighted by atomic mass is 10.0. The molecule has 0 unspecified atom stereocenters. The number of nitrogens with one attached hydrogen (secondary N) is 2. The van der Waals surface area contributed by atoms with Crippen molar-refractivity contribution < 1.29 is 0 Å². The van der Waals surface area contributed by atoms with Gasteiger partial charge in [0.15, 0.2) is 0 Å². The van der Waals surface area contributed by atoms with E-state index in [0.717, 1.165) is 23.1 Å². The molecule has 0 spiro atoms. The number of fused-ring (bicyclic) bond motifs is 1. The minimum atomic E-state index is 0.935. The quantitative estimate of drug-likeness (QED) is 0.734. The normalized spacial score (nSPS) is 10.7. The summed E-state index contributed by atoms with van der Waals surface area (Å²) in [7, 11) is 1.94. The van der Waals surface area contributed by atoms with Crippen molar-refractivity contribution in [3.05, 3.63) is 59.9 Å². The molecule has 90 valence electrons. The molecule has 0 saturated carbocycles. The molecule has 2 aromatic carbocycles. The lowest BCUT2D eigenvalue weighted by Crippen LogP contribution is -1.92. The van der Waals surface area contributed by atoms with Gasteiger partial charge in [0.05, 0.1) is 17.4 Å². The van der Waals surface area contributed by atoms with Crippen LogP contribution < -0.4 is 5.32 Å². The number of rotatable bonds is 3. The maximum Gasteiger partial charge on any atom is 0.0931 e. The number of nitrogens with zero attached hydrogens (tertiary/aromatic N) is 1. The summed E-state index contributed by atoms with van der Waals surface area (Å²) in [4.78, 5) is 7.37. The van der Waals surface area contributed by atoms with Gasteiger partial charge in [0.1, 0.15) is 0 Å². The molecule has 0 aliphatic rings. The predicted molar refractivity (Wildman–Crippen MR) is 74.9 cm³/mol. The van der Waals surface area contributed by atoms with E-state index >= 15 is 0 Å². The Balaban J connectivity index is 1.90. The summed E-state index contributed by atoms with van der Waals surface area (Å²) in [5.74, 6) is 0. The first-order chi connectivity index (χ1) is 8.85. The Bertz CT molecular complexity index is 670. The van der Waals surface area contributed by atoms with Gasteiger partial charge in [-0.2, -0.15) is 0 Å². The molecule has 2 N–H and O–H groups in total. The second kappa shape index (κ2) is 4.53. The van der Waals surface area contributed by atoms with Crippen LogP contribution in [0.2, 0.25) is 0 Å². The van der Waals surface area contributed by atoms with Crippen molar-refractivity contribution in [1.29, 1.82) is 0 Å². The SMILES string of the molecule is CNc1cccc(Cc2ccc3nc[nH]c3c2)c1. The molecule has 1 aromatic heterocycles. The van der Waals surface area contributed by atoms with Crippen LogP contribution in [0.5, 0.6) is 0 Å². The average molecular weight is 237 g/mol. The highest BCUT2D eigenvalue weighted by molar-refractivity contribution is 5.75. The highest BCUT2D eigenvalue weighted by atomic mass is 14.9. The molecule has 3 nitrogen and oxygen atoms in total. The van der Waals surface area contributed by atoms with Gasteiger partial charge < -0.3 is 10.3 Å². The Hall–Kier alpha value is -2.29. The second-order valence-corrected chi connectivity index (χ2v) is 4.38. The molecule has 0 bridgehead atoms. The van der Waals surface area contributed by atoms with Crippen molar-refractivity contribution in [2.45, 2.75) is 6.42 Å². The van der Waals surface area contributed by atoms with Crippen LogP contribution >= 0.6 is 0 Å². The van der Waals surface area contributed by atoms with Crippen LogP contribution in [0.3, 0.4) is 0 Å². The zero-order valence-corrected chi connectivity index (χ0v) is 10.3. The fourth-order valence-corrected chi connectivity index (χ4v) is 2.17. The van der Waals surface area contributed by atoms with Gasteiger partial charge in [-0.3, -0.25) is 0 Å². The van der Waals surface area contributed by atoms with Crippen molar-refractivity contribution in [2.24, 2.45) is 0 Å². The minimum absolute atomic E-state index is 0.935. The minimum Gasteiger partial charge on any atom is -0.388 e. The van der Waals surface area contributed by atoms with Gasteiger partial charge >= 0.3 is 0 Å². The van der Waals surface area contributed by atoms with Gasteiger partial charge in [-0.15, -0.1) is 0 Å². The molecule has 0 amide bonds. The highest BCUT2D eigenvalue weighted by Gasteiger charge is 2.00. The summed E-state index contributed by atoms with van der Waals surface area (Å²) < 4.78 is 0. The number of anilines is 1. The number of imidazole rings is 1. The first kappa shape index (κ1) is 10.8. The summed E-state index contributed by atoms with van der Waals surface area (Å²) >= 11 is 0. The topological polar surface area (TPSA) is 40.7 Å². The zero-order chi connectivity index (χ0) is 12.4. The van der Waals surface area contributed by atoms with Crippen molar-refractivity contribution in [3.63, 3.8) is 0 Å². The monoisotopic (exact) mass is 237 g/mol. The molecule has 0 atom stereocenters. The first-order valence-electron chi connectivity index (χ1n) is 6.04. The van der Waals surface area contributed by atoms with Crippen LogP contribution in [0, 0.1) is 0 Å². The van der Waals surface area contributed by atoms with Gasteiger partial charge in [-0.25, -0.2) is 4.98 Å². The van der Waals surface area contributed by atoms with Crippen molar-refractivity contribution in [2.75, 3.05) is 12.4 Å². The van der Waals surface area contributed by atoms with Gasteiger partial charge in [0.2, 0.25) is 0 Å². The third-order valence-electron chi connectivity index (χ3n) is 3.11. The molecule has 1 heterocycles. The van der Waals surface area contributed by atoms with Gasteiger partial charge in [0.25, 0.3) is 0 Å². The van der Waals surface area contributed by atoms with Gasteiger partial charge in [-0.05, 0) is 41.8 Å². The largest absolute Gasteiger partial charge is 0.388 e. The molecular formula is C15H15N3. The molecule has 3 rings (SSSR count). The van der Waals surface area contributed by atoms with E-state index in [1.807, 2.05) is 7.05 Å². The standard InChI is InChI=1S/C15H15N3/c1-16-13-4-2-3-11(8-13)7-12-5-6-14-15(9-12)18-10-17-14/h2-6,8-10,16H,7H2,1H3,(H,17,18). The molecule has 0 aliphatic heterocycles. The van der Waals surface area contributed by atoms with E-state index in [-0.39, 0.29) is 0 Å². The smallest absolute Gasteiger partial charge is 0.0931 e. The summed E-state index contributed by atoms with van der Waals surface area (Å²) in [6, 6.07) is 14.8. The average Bonchev–Trinajstić information content (AvgIpc) is 2.86. The fraction of sp³-hybridized carbons (Fsp3) is 0.133. The molecule has 0 fully saturated rings. The van der Waals surface area contributed by atoms with E-state index in [1.54, 1.807) is 6.33 Å². The van der Waals surface area contributed by atoms with E-state index in [4.69, 9.17) is 0 Å². The predicted octanol–water partition coefficient (Wildman–Crippen LogP) is 3.20. The van der Waals surface area contributed by atoms with Crippen molar-refractivity contribution in [3.8, 4) is 0 Å². The van der Waals surface area contributed by atoms with Crippen LogP contribution in [0.4, 0.5) is 5.69 Å². The Morgan fingerprint density at radius 3 is 2.89 bits per heavy atom. The fourth-order valence-electron chi connectivity index (χ4n) is 2.17. The first-order valence-corrected chi connectivity index (χ1v) is 6.04. The Morgan fingerprint density at radius 1 is 1.11 bits per heavy atom. The maximum atomic E-state index is 4.23. The number of benzene rings is 2. The molecular weight excluding hydrogens is 222 g/mol. The molecule has 0 radical (unpaired) electrons.